The normalized spacial score (nSPS) is 12.2. The van der Waals surface area contributed by atoms with E-state index in [0.717, 1.165) is 11.6 Å². The molecule has 16 heavy (non-hydrogen) atoms. The van der Waals surface area contributed by atoms with E-state index in [4.69, 9.17) is 5.73 Å². The molecule has 2 nitrogen and oxygen atoms in total. The first kappa shape index (κ1) is 13.1. The summed E-state index contributed by atoms with van der Waals surface area (Å²) in [5.41, 5.74) is 6.22. The predicted octanol–water partition coefficient (Wildman–Crippen LogP) is 2.13. The van der Waals surface area contributed by atoms with E-state index in [2.05, 4.69) is 0 Å². The van der Waals surface area contributed by atoms with Crippen LogP contribution in [0.25, 0.3) is 0 Å². The van der Waals surface area contributed by atoms with Gasteiger partial charge in [-0.05, 0) is 38.6 Å². The summed E-state index contributed by atoms with van der Waals surface area (Å²) >= 11 is 0. The zero-order valence-electron chi connectivity index (χ0n) is 9.93. The van der Waals surface area contributed by atoms with E-state index in [1.807, 2.05) is 25.8 Å². The van der Waals surface area contributed by atoms with E-state index < -0.39 is 11.6 Å². The van der Waals surface area contributed by atoms with Crippen LogP contribution in [0, 0.1) is 11.6 Å². The maximum Gasteiger partial charge on any atom is 0.159 e. The van der Waals surface area contributed by atoms with Gasteiger partial charge in [0, 0.05) is 18.6 Å². The summed E-state index contributed by atoms with van der Waals surface area (Å²) in [4.78, 5) is 2.01. The monoisotopic (exact) mass is 228 g/mol. The quantitative estimate of drug-likeness (QED) is 0.855. The molecule has 0 atom stereocenters. The Hall–Kier alpha value is -1.00. The molecule has 0 spiro atoms. The standard InChI is InChI=1S/C12H18F2N2/c1-12(2,8-15)16(3)7-9-4-5-10(13)11(14)6-9/h4-6H,7-8,15H2,1-3H3. The molecule has 0 radical (unpaired) electrons. The highest BCUT2D eigenvalue weighted by atomic mass is 19.2. The average molecular weight is 228 g/mol. The maximum absolute atomic E-state index is 13.0. The molecule has 0 aliphatic heterocycles. The van der Waals surface area contributed by atoms with Crippen molar-refractivity contribution in [3.8, 4) is 0 Å². The highest BCUT2D eigenvalue weighted by Crippen LogP contribution is 2.16. The summed E-state index contributed by atoms with van der Waals surface area (Å²) in [6.45, 7) is 5.06. The van der Waals surface area contributed by atoms with E-state index in [1.165, 1.54) is 6.07 Å². The lowest BCUT2D eigenvalue weighted by molar-refractivity contribution is 0.155. The van der Waals surface area contributed by atoms with Gasteiger partial charge in [-0.15, -0.1) is 0 Å². The Morgan fingerprint density at radius 1 is 1.25 bits per heavy atom. The van der Waals surface area contributed by atoms with Crippen LogP contribution in [0.15, 0.2) is 18.2 Å². The van der Waals surface area contributed by atoms with Gasteiger partial charge in [0.2, 0.25) is 0 Å². The van der Waals surface area contributed by atoms with Gasteiger partial charge in [0.25, 0.3) is 0 Å². The highest BCUT2D eigenvalue weighted by molar-refractivity contribution is 5.17. The van der Waals surface area contributed by atoms with Gasteiger partial charge in [-0.25, -0.2) is 8.78 Å². The number of hydrogen-bond donors (Lipinski definition) is 1. The molecule has 0 saturated carbocycles. The Balaban J connectivity index is 2.77. The fourth-order valence-corrected chi connectivity index (χ4v) is 1.28. The first-order valence-electron chi connectivity index (χ1n) is 5.22. The van der Waals surface area contributed by atoms with E-state index in [1.54, 1.807) is 6.07 Å². The van der Waals surface area contributed by atoms with Gasteiger partial charge in [-0.1, -0.05) is 6.07 Å². The number of nitrogens with zero attached hydrogens (tertiary/aromatic N) is 1. The second kappa shape index (κ2) is 4.89. The Morgan fingerprint density at radius 2 is 1.88 bits per heavy atom. The van der Waals surface area contributed by atoms with Gasteiger partial charge in [-0.2, -0.15) is 0 Å². The average Bonchev–Trinajstić information content (AvgIpc) is 2.23. The topological polar surface area (TPSA) is 29.3 Å². The van der Waals surface area contributed by atoms with E-state index in [-0.39, 0.29) is 5.54 Å². The van der Waals surface area contributed by atoms with Gasteiger partial charge in [-0.3, -0.25) is 4.90 Å². The molecule has 90 valence electrons. The minimum atomic E-state index is -0.815. The largest absolute Gasteiger partial charge is 0.329 e. The summed E-state index contributed by atoms with van der Waals surface area (Å²) in [6.07, 6.45) is 0. The third-order valence-corrected chi connectivity index (χ3v) is 2.94. The zero-order chi connectivity index (χ0) is 12.3. The Labute approximate surface area is 95.1 Å². The fourth-order valence-electron chi connectivity index (χ4n) is 1.28. The number of hydrogen-bond acceptors (Lipinski definition) is 2. The molecule has 0 saturated heterocycles. The first-order chi connectivity index (χ1) is 7.36. The van der Waals surface area contributed by atoms with Crippen LogP contribution in [0.5, 0.6) is 0 Å². The summed E-state index contributed by atoms with van der Waals surface area (Å²) in [5.74, 6) is -1.62. The molecular weight excluding hydrogens is 210 g/mol. The van der Waals surface area contributed by atoms with Crippen molar-refractivity contribution >= 4 is 0 Å². The van der Waals surface area contributed by atoms with Crippen molar-refractivity contribution in [1.29, 1.82) is 0 Å². The molecule has 1 aromatic carbocycles. The minimum Gasteiger partial charge on any atom is -0.329 e. The van der Waals surface area contributed by atoms with Gasteiger partial charge in [0.15, 0.2) is 11.6 Å². The van der Waals surface area contributed by atoms with Crippen molar-refractivity contribution in [2.45, 2.75) is 25.9 Å². The van der Waals surface area contributed by atoms with Crippen molar-refractivity contribution in [1.82, 2.24) is 4.90 Å². The SMILES string of the molecule is CN(Cc1ccc(F)c(F)c1)C(C)(C)CN. The van der Waals surface area contributed by atoms with Crippen molar-refractivity contribution in [2.75, 3.05) is 13.6 Å². The molecule has 1 rings (SSSR count). The van der Waals surface area contributed by atoms with Gasteiger partial charge < -0.3 is 5.73 Å². The molecule has 0 unspecified atom stereocenters. The lowest BCUT2D eigenvalue weighted by atomic mass is 10.0. The van der Waals surface area contributed by atoms with Crippen molar-refractivity contribution in [3.63, 3.8) is 0 Å². The number of benzene rings is 1. The van der Waals surface area contributed by atoms with Crippen LogP contribution in [-0.4, -0.2) is 24.0 Å². The molecule has 4 heteroatoms. The summed E-state index contributed by atoms with van der Waals surface area (Å²) in [5, 5.41) is 0. The predicted molar refractivity (Wildman–Crippen MR) is 61.0 cm³/mol. The lowest BCUT2D eigenvalue weighted by Crippen LogP contribution is -2.46. The molecule has 0 bridgehead atoms. The van der Waals surface area contributed by atoms with E-state index in [0.29, 0.717) is 13.1 Å². The van der Waals surface area contributed by atoms with Crippen LogP contribution < -0.4 is 5.73 Å². The number of nitrogens with two attached hydrogens (primary N) is 1. The highest BCUT2D eigenvalue weighted by Gasteiger charge is 2.21. The van der Waals surface area contributed by atoms with E-state index >= 15 is 0 Å². The molecule has 0 aromatic heterocycles. The molecule has 2 N–H and O–H groups in total. The third kappa shape index (κ3) is 3.00. The number of rotatable bonds is 4. The van der Waals surface area contributed by atoms with Gasteiger partial charge in [0.1, 0.15) is 0 Å². The Kier molecular flexibility index (Phi) is 3.99. The van der Waals surface area contributed by atoms with Crippen molar-refractivity contribution in [3.05, 3.63) is 35.4 Å². The van der Waals surface area contributed by atoms with E-state index in [9.17, 15) is 8.78 Å². The van der Waals surface area contributed by atoms with Gasteiger partial charge in [0.05, 0.1) is 0 Å². The fraction of sp³-hybridized carbons (Fsp3) is 0.500. The second-order valence-corrected chi connectivity index (χ2v) is 4.62. The van der Waals surface area contributed by atoms with Crippen LogP contribution in [0.4, 0.5) is 8.78 Å². The van der Waals surface area contributed by atoms with Crippen molar-refractivity contribution < 1.29 is 8.78 Å². The van der Waals surface area contributed by atoms with Gasteiger partial charge >= 0.3 is 0 Å². The third-order valence-electron chi connectivity index (χ3n) is 2.94. The first-order valence-corrected chi connectivity index (χ1v) is 5.22. The molecular formula is C12H18F2N2. The molecule has 0 amide bonds. The smallest absolute Gasteiger partial charge is 0.159 e. The van der Waals surface area contributed by atoms with Crippen LogP contribution in [-0.2, 0) is 6.54 Å². The maximum atomic E-state index is 13.0. The summed E-state index contributed by atoms with van der Waals surface area (Å²) in [7, 11) is 1.91. The second-order valence-electron chi connectivity index (χ2n) is 4.62. The van der Waals surface area contributed by atoms with Crippen LogP contribution in [0.2, 0.25) is 0 Å². The number of likely N-dealkylation sites (N-methyl/N-ethyl adjacent to an activating group) is 1. The van der Waals surface area contributed by atoms with Crippen molar-refractivity contribution in [2.24, 2.45) is 5.73 Å². The molecule has 0 aliphatic carbocycles. The molecule has 1 aromatic rings. The zero-order valence-corrected chi connectivity index (χ0v) is 9.93. The van der Waals surface area contributed by atoms with Crippen LogP contribution in [0.3, 0.4) is 0 Å². The molecule has 0 fully saturated rings. The number of halogens is 2. The summed E-state index contributed by atoms with van der Waals surface area (Å²) < 4.78 is 25.7. The Bertz CT molecular complexity index is 364. The minimum absolute atomic E-state index is 0.162. The molecule has 0 heterocycles. The lowest BCUT2D eigenvalue weighted by Gasteiger charge is -2.34. The summed E-state index contributed by atoms with van der Waals surface area (Å²) in [6, 6.07) is 3.95. The van der Waals surface area contributed by atoms with Crippen LogP contribution >= 0.6 is 0 Å². The Morgan fingerprint density at radius 3 is 2.38 bits per heavy atom. The molecule has 0 aliphatic rings. The van der Waals surface area contributed by atoms with Crippen LogP contribution in [0.1, 0.15) is 19.4 Å².